The molecule has 0 saturated heterocycles. The highest BCUT2D eigenvalue weighted by Crippen LogP contribution is 2.27. The molecular formula is C16H12N4S2. The summed E-state index contributed by atoms with van der Waals surface area (Å²) >= 11 is 3.35. The number of aromatic nitrogens is 3. The summed E-state index contributed by atoms with van der Waals surface area (Å²) in [6.45, 7) is 0. The van der Waals surface area contributed by atoms with Crippen molar-refractivity contribution in [3.05, 3.63) is 69.0 Å². The van der Waals surface area contributed by atoms with Crippen LogP contribution in [0.2, 0.25) is 0 Å². The van der Waals surface area contributed by atoms with Gasteiger partial charge in [0.2, 0.25) is 0 Å². The van der Waals surface area contributed by atoms with Crippen molar-refractivity contribution in [3.8, 4) is 0 Å². The zero-order valence-electron chi connectivity index (χ0n) is 11.5. The van der Waals surface area contributed by atoms with Gasteiger partial charge in [0.15, 0.2) is 6.17 Å². The first-order chi connectivity index (χ1) is 10.9. The number of aliphatic imine (C=N–C) groups is 1. The maximum Gasteiger partial charge on any atom is 0.178 e. The molecule has 0 amide bonds. The van der Waals surface area contributed by atoms with Crippen molar-refractivity contribution in [1.82, 2.24) is 15.0 Å². The summed E-state index contributed by atoms with van der Waals surface area (Å²) in [5, 5.41) is 12.7. The number of para-hydroxylation sites is 1. The predicted octanol–water partition coefficient (Wildman–Crippen LogP) is 4.22. The van der Waals surface area contributed by atoms with Crippen molar-refractivity contribution in [2.75, 3.05) is 0 Å². The normalized spacial score (nSPS) is 13.1. The first-order valence-electron chi connectivity index (χ1n) is 6.82. The smallest absolute Gasteiger partial charge is 0.178 e. The topological polar surface area (TPSA) is 43.1 Å². The summed E-state index contributed by atoms with van der Waals surface area (Å²) in [6.07, 6.45) is 1.72. The second-order valence-corrected chi connectivity index (χ2v) is 6.66. The molecule has 1 atom stereocenters. The van der Waals surface area contributed by atoms with E-state index in [9.17, 15) is 0 Å². The Hall–Kier alpha value is -2.31. The number of nitrogens with zero attached hydrogens (tertiary/aromatic N) is 4. The third-order valence-electron chi connectivity index (χ3n) is 3.29. The molecule has 0 saturated carbocycles. The molecule has 0 fully saturated rings. The molecule has 0 aliphatic rings. The van der Waals surface area contributed by atoms with Crippen molar-refractivity contribution in [2.45, 2.75) is 6.17 Å². The van der Waals surface area contributed by atoms with Crippen LogP contribution in [0.25, 0.3) is 11.0 Å². The van der Waals surface area contributed by atoms with Gasteiger partial charge in [0.25, 0.3) is 0 Å². The molecule has 4 rings (SSSR count). The van der Waals surface area contributed by atoms with Crippen LogP contribution in [0.15, 0.2) is 64.3 Å². The zero-order chi connectivity index (χ0) is 14.8. The highest BCUT2D eigenvalue weighted by atomic mass is 32.1. The van der Waals surface area contributed by atoms with Gasteiger partial charge >= 0.3 is 0 Å². The van der Waals surface area contributed by atoms with E-state index in [0.717, 1.165) is 20.8 Å². The third-order valence-corrected chi connectivity index (χ3v) is 5.01. The minimum absolute atomic E-state index is 0.186. The Kier molecular flexibility index (Phi) is 3.54. The van der Waals surface area contributed by atoms with E-state index in [1.807, 2.05) is 52.7 Å². The van der Waals surface area contributed by atoms with Gasteiger partial charge in [-0.2, -0.15) is 0 Å². The minimum atomic E-state index is -0.186. The minimum Gasteiger partial charge on any atom is -0.259 e. The second kappa shape index (κ2) is 5.82. The monoisotopic (exact) mass is 324 g/mol. The summed E-state index contributed by atoms with van der Waals surface area (Å²) in [7, 11) is 0. The van der Waals surface area contributed by atoms with E-state index < -0.39 is 0 Å². The number of hydrogen-bond acceptors (Lipinski definition) is 5. The molecular weight excluding hydrogens is 312 g/mol. The molecule has 4 aromatic rings. The molecule has 1 aromatic carbocycles. The number of benzene rings is 1. The van der Waals surface area contributed by atoms with Crippen molar-refractivity contribution in [2.24, 2.45) is 4.99 Å². The molecule has 108 valence electrons. The van der Waals surface area contributed by atoms with Crippen LogP contribution in [0, 0.1) is 0 Å². The van der Waals surface area contributed by atoms with Gasteiger partial charge in [-0.25, -0.2) is 4.68 Å². The van der Waals surface area contributed by atoms with E-state index in [2.05, 4.69) is 27.8 Å². The third kappa shape index (κ3) is 2.47. The van der Waals surface area contributed by atoms with Crippen LogP contribution in [0.1, 0.15) is 15.9 Å². The lowest BCUT2D eigenvalue weighted by atomic mass is 10.3. The van der Waals surface area contributed by atoms with Gasteiger partial charge in [-0.1, -0.05) is 29.5 Å². The van der Waals surface area contributed by atoms with E-state index in [1.54, 1.807) is 22.7 Å². The van der Waals surface area contributed by atoms with Gasteiger partial charge < -0.3 is 0 Å². The fraction of sp³-hybridized carbons (Fsp3) is 0.0625. The molecule has 4 nitrogen and oxygen atoms in total. The molecule has 1 unspecified atom stereocenters. The standard InChI is InChI=1S/C16H12N4S2/c1-2-7-14-13(6-1)18-19-20(14)16(15-8-4-10-22-15)17-11-12-5-3-9-21-12/h1-11,16H/b17-11+. The van der Waals surface area contributed by atoms with Crippen LogP contribution < -0.4 is 0 Å². The average molecular weight is 324 g/mol. The molecule has 0 aliphatic heterocycles. The fourth-order valence-electron chi connectivity index (χ4n) is 2.27. The summed E-state index contributed by atoms with van der Waals surface area (Å²) in [4.78, 5) is 7.03. The van der Waals surface area contributed by atoms with Crippen LogP contribution in [0.3, 0.4) is 0 Å². The number of fused-ring (bicyclic) bond motifs is 1. The molecule has 6 heteroatoms. The lowest BCUT2D eigenvalue weighted by Crippen LogP contribution is -2.09. The molecule has 0 spiro atoms. The van der Waals surface area contributed by atoms with Crippen LogP contribution >= 0.6 is 22.7 Å². The van der Waals surface area contributed by atoms with Gasteiger partial charge in [0, 0.05) is 11.1 Å². The Balaban J connectivity index is 1.80. The Morgan fingerprint density at radius 2 is 1.86 bits per heavy atom. The Labute approximate surface area is 135 Å². The van der Waals surface area contributed by atoms with E-state index in [4.69, 9.17) is 4.99 Å². The average Bonchev–Trinajstić information content (AvgIpc) is 3.30. The summed E-state index contributed by atoms with van der Waals surface area (Å²) in [6, 6.07) is 16.2. The quantitative estimate of drug-likeness (QED) is 0.527. The summed E-state index contributed by atoms with van der Waals surface area (Å²) in [5.41, 5.74) is 1.87. The first kappa shape index (κ1) is 13.4. The highest BCUT2D eigenvalue weighted by molar-refractivity contribution is 7.11. The first-order valence-corrected chi connectivity index (χ1v) is 8.58. The molecule has 0 N–H and O–H groups in total. The van der Waals surface area contributed by atoms with Crippen LogP contribution in [-0.4, -0.2) is 21.2 Å². The maximum absolute atomic E-state index is 4.76. The fourth-order valence-corrected chi connectivity index (χ4v) is 3.62. The molecule has 22 heavy (non-hydrogen) atoms. The Morgan fingerprint density at radius 1 is 1.00 bits per heavy atom. The number of thiophene rings is 2. The molecule has 0 radical (unpaired) electrons. The maximum atomic E-state index is 4.76. The lowest BCUT2D eigenvalue weighted by molar-refractivity contribution is 0.550. The van der Waals surface area contributed by atoms with Crippen LogP contribution in [0.5, 0.6) is 0 Å². The van der Waals surface area contributed by atoms with Crippen molar-refractivity contribution in [3.63, 3.8) is 0 Å². The van der Waals surface area contributed by atoms with Crippen LogP contribution in [-0.2, 0) is 0 Å². The van der Waals surface area contributed by atoms with Gasteiger partial charge in [-0.05, 0) is 35.0 Å². The summed E-state index contributed by atoms with van der Waals surface area (Å²) < 4.78 is 1.88. The predicted molar refractivity (Wildman–Crippen MR) is 91.9 cm³/mol. The van der Waals surface area contributed by atoms with Gasteiger partial charge in [-0.3, -0.25) is 4.99 Å². The second-order valence-electron chi connectivity index (χ2n) is 4.71. The van der Waals surface area contributed by atoms with Crippen LogP contribution in [0.4, 0.5) is 0 Å². The zero-order valence-corrected chi connectivity index (χ0v) is 13.2. The number of rotatable bonds is 4. The summed E-state index contributed by atoms with van der Waals surface area (Å²) in [5.74, 6) is 0. The van der Waals surface area contributed by atoms with Gasteiger partial charge in [0.05, 0.1) is 10.4 Å². The van der Waals surface area contributed by atoms with E-state index in [0.29, 0.717) is 0 Å². The molecule has 3 heterocycles. The number of hydrogen-bond donors (Lipinski definition) is 0. The highest BCUT2D eigenvalue weighted by Gasteiger charge is 2.17. The Bertz CT molecular complexity index is 891. The molecule has 3 aromatic heterocycles. The van der Waals surface area contributed by atoms with E-state index >= 15 is 0 Å². The lowest BCUT2D eigenvalue weighted by Gasteiger charge is -2.11. The SMILES string of the molecule is C(=N\C(c1cccs1)n1nnc2ccccc21)/c1cccs1. The van der Waals surface area contributed by atoms with E-state index in [-0.39, 0.29) is 6.17 Å². The van der Waals surface area contributed by atoms with Gasteiger partial charge in [0.1, 0.15) is 5.52 Å². The van der Waals surface area contributed by atoms with Crippen molar-refractivity contribution < 1.29 is 0 Å². The van der Waals surface area contributed by atoms with Gasteiger partial charge in [-0.15, -0.1) is 27.8 Å². The largest absolute Gasteiger partial charge is 0.259 e. The van der Waals surface area contributed by atoms with Crippen molar-refractivity contribution >= 4 is 39.9 Å². The van der Waals surface area contributed by atoms with Crippen molar-refractivity contribution in [1.29, 1.82) is 0 Å². The van der Waals surface area contributed by atoms with E-state index in [1.165, 1.54) is 0 Å². The molecule has 0 aliphatic carbocycles. The molecule has 0 bridgehead atoms. The Morgan fingerprint density at radius 3 is 2.68 bits per heavy atom.